The summed E-state index contributed by atoms with van der Waals surface area (Å²) in [5.41, 5.74) is 3.56. The van der Waals surface area contributed by atoms with Gasteiger partial charge in [0.1, 0.15) is 6.61 Å². The molecule has 1 atom stereocenters. The Morgan fingerprint density at radius 2 is 1.91 bits per heavy atom. The highest BCUT2D eigenvalue weighted by molar-refractivity contribution is 6.04. The van der Waals surface area contributed by atoms with Crippen molar-refractivity contribution < 1.29 is 24.3 Å². The van der Waals surface area contributed by atoms with Gasteiger partial charge in [0, 0.05) is 38.4 Å². The molecule has 4 rings (SSSR count). The zero-order valence-corrected chi connectivity index (χ0v) is 19.6. The van der Waals surface area contributed by atoms with E-state index in [9.17, 15) is 9.59 Å². The predicted molar refractivity (Wildman–Crippen MR) is 131 cm³/mol. The number of oxime groups is 1. The minimum absolute atomic E-state index is 0.0973. The molecule has 1 saturated heterocycles. The number of likely N-dealkylation sites (tertiary alicyclic amines) is 1. The first-order chi connectivity index (χ1) is 17.0. The van der Waals surface area contributed by atoms with E-state index >= 15 is 0 Å². The van der Waals surface area contributed by atoms with Gasteiger partial charge >= 0.3 is 5.97 Å². The number of rotatable bonds is 9. The second-order valence-corrected chi connectivity index (χ2v) is 8.35. The number of anilines is 1. The summed E-state index contributed by atoms with van der Waals surface area (Å²) in [6.07, 6.45) is 6.14. The van der Waals surface area contributed by atoms with E-state index in [1.807, 2.05) is 48.3 Å². The number of aliphatic carboxylic acids is 1. The van der Waals surface area contributed by atoms with Crippen molar-refractivity contribution in [2.75, 3.05) is 31.3 Å². The first-order valence-corrected chi connectivity index (χ1v) is 11.7. The first-order valence-electron chi connectivity index (χ1n) is 11.7. The molecule has 0 aliphatic carbocycles. The lowest BCUT2D eigenvalue weighted by molar-refractivity contribution is -0.149. The molecule has 2 aromatic rings. The van der Waals surface area contributed by atoms with Crippen LogP contribution in [-0.4, -0.2) is 77.2 Å². The second kappa shape index (κ2) is 11.6. The smallest absolute Gasteiger partial charge is 0.329 e. The van der Waals surface area contributed by atoms with Gasteiger partial charge in [-0.2, -0.15) is 5.10 Å². The van der Waals surface area contributed by atoms with Crippen molar-refractivity contribution in [3.8, 4) is 0 Å². The van der Waals surface area contributed by atoms with Crippen molar-refractivity contribution in [1.29, 1.82) is 0 Å². The second-order valence-electron chi connectivity index (χ2n) is 8.35. The van der Waals surface area contributed by atoms with Crippen molar-refractivity contribution in [1.82, 2.24) is 9.88 Å². The van der Waals surface area contributed by atoms with Crippen molar-refractivity contribution in [2.24, 2.45) is 10.3 Å². The van der Waals surface area contributed by atoms with Gasteiger partial charge in [-0.25, -0.2) is 4.79 Å². The Bertz CT molecular complexity index is 1070. The van der Waals surface area contributed by atoms with E-state index in [4.69, 9.17) is 14.7 Å². The molecule has 0 bridgehead atoms. The van der Waals surface area contributed by atoms with Crippen LogP contribution in [0.5, 0.6) is 0 Å². The lowest BCUT2D eigenvalue weighted by Crippen LogP contribution is -2.45. The van der Waals surface area contributed by atoms with E-state index in [0.29, 0.717) is 32.4 Å². The fourth-order valence-electron chi connectivity index (χ4n) is 4.06. The molecule has 10 nitrogen and oxygen atoms in total. The molecule has 3 heterocycles. The molecule has 35 heavy (non-hydrogen) atoms. The Morgan fingerprint density at radius 3 is 2.57 bits per heavy atom. The molecule has 10 heteroatoms. The van der Waals surface area contributed by atoms with E-state index in [2.05, 4.69) is 15.2 Å². The van der Waals surface area contributed by atoms with Gasteiger partial charge in [0.25, 0.3) is 5.91 Å². The van der Waals surface area contributed by atoms with Gasteiger partial charge < -0.3 is 19.6 Å². The molecule has 1 aromatic heterocycles. The zero-order chi connectivity index (χ0) is 24.6. The normalized spacial score (nSPS) is 18.4. The molecule has 0 radical (unpaired) electrons. The van der Waals surface area contributed by atoms with Gasteiger partial charge in [-0.05, 0) is 43.0 Å². The highest BCUT2D eigenvalue weighted by Gasteiger charge is 2.34. The monoisotopic (exact) mass is 479 g/mol. The van der Waals surface area contributed by atoms with E-state index in [0.717, 1.165) is 29.1 Å². The van der Waals surface area contributed by atoms with Crippen molar-refractivity contribution in [3.63, 3.8) is 0 Å². The number of carboxylic acids is 1. The summed E-state index contributed by atoms with van der Waals surface area (Å²) in [5.74, 6) is -1.08. The minimum Gasteiger partial charge on any atom is -0.480 e. The lowest BCUT2D eigenvalue weighted by atomic mass is 10.0. The number of aromatic nitrogens is 1. The Morgan fingerprint density at radius 1 is 1.20 bits per heavy atom. The van der Waals surface area contributed by atoms with Gasteiger partial charge in [0.15, 0.2) is 0 Å². The maximum atomic E-state index is 12.9. The summed E-state index contributed by atoms with van der Waals surface area (Å²) in [4.78, 5) is 34.8. The predicted octanol–water partition coefficient (Wildman–Crippen LogP) is 2.53. The lowest BCUT2D eigenvalue weighted by Gasteiger charge is -2.32. The minimum atomic E-state index is -0.985. The molecule has 2 aliphatic rings. The summed E-state index contributed by atoms with van der Waals surface area (Å²) in [6.45, 7) is 3.48. The highest BCUT2D eigenvalue weighted by Crippen LogP contribution is 2.22. The van der Waals surface area contributed by atoms with E-state index < -0.39 is 12.1 Å². The maximum absolute atomic E-state index is 12.9. The average Bonchev–Trinajstić information content (AvgIpc) is 3.39. The van der Waals surface area contributed by atoms with Crippen molar-refractivity contribution in [2.45, 2.75) is 38.4 Å². The van der Waals surface area contributed by atoms with Gasteiger partial charge in [-0.15, -0.1) is 0 Å². The van der Waals surface area contributed by atoms with Crippen LogP contribution in [0.15, 0.2) is 59.0 Å². The third kappa shape index (κ3) is 6.42. The van der Waals surface area contributed by atoms with Crippen LogP contribution >= 0.6 is 0 Å². The van der Waals surface area contributed by atoms with E-state index in [-0.39, 0.29) is 18.6 Å². The van der Waals surface area contributed by atoms with Crippen LogP contribution < -0.4 is 5.01 Å². The van der Waals surface area contributed by atoms with Crippen LogP contribution in [0.25, 0.3) is 0 Å². The number of amides is 1. The van der Waals surface area contributed by atoms with Crippen LogP contribution in [0.3, 0.4) is 0 Å². The fourth-order valence-corrected chi connectivity index (χ4v) is 4.06. The van der Waals surface area contributed by atoms with Crippen LogP contribution in [0.4, 0.5) is 5.69 Å². The summed E-state index contributed by atoms with van der Waals surface area (Å²) < 4.78 is 5.34. The molecule has 0 spiro atoms. The van der Waals surface area contributed by atoms with Crippen LogP contribution in [0, 0.1) is 0 Å². The van der Waals surface area contributed by atoms with Gasteiger partial charge in [-0.1, -0.05) is 29.4 Å². The topological polar surface area (TPSA) is 117 Å². The Labute approximate surface area is 203 Å². The molecular formula is C25H29N5O5. The zero-order valence-electron chi connectivity index (χ0n) is 19.6. The SMILES string of the molecule is CCN(/N=C/c1ccc(C2=NOC(C(=O)N3CCC(OCC(=O)O)CC3)C2)cc1)c1ccncc1. The fraction of sp³-hybridized carbons (Fsp3) is 0.400. The summed E-state index contributed by atoms with van der Waals surface area (Å²) in [7, 11) is 0. The van der Waals surface area contributed by atoms with Crippen molar-refractivity contribution in [3.05, 3.63) is 59.9 Å². The number of piperidine rings is 1. The number of nitrogens with zero attached hydrogens (tertiary/aromatic N) is 5. The van der Waals surface area contributed by atoms with Crippen molar-refractivity contribution >= 4 is 29.5 Å². The summed E-state index contributed by atoms with van der Waals surface area (Å²) in [6, 6.07) is 11.6. The van der Waals surface area contributed by atoms with Gasteiger partial charge in [0.2, 0.25) is 6.10 Å². The first kappa shape index (κ1) is 24.3. The highest BCUT2D eigenvalue weighted by atomic mass is 16.6. The van der Waals surface area contributed by atoms with Gasteiger partial charge in [-0.3, -0.25) is 14.8 Å². The number of pyridine rings is 1. The Hall–Kier alpha value is -3.79. The van der Waals surface area contributed by atoms with Crippen LogP contribution in [-0.2, 0) is 19.2 Å². The molecule has 2 aliphatic heterocycles. The number of carboxylic acid groups (broad SMARTS) is 1. The number of hydrazone groups is 1. The maximum Gasteiger partial charge on any atom is 0.329 e. The number of carbonyl (C=O) groups is 2. The van der Waals surface area contributed by atoms with E-state index in [1.54, 1.807) is 23.5 Å². The molecule has 1 aromatic carbocycles. The number of hydrogen-bond acceptors (Lipinski definition) is 8. The molecular weight excluding hydrogens is 450 g/mol. The van der Waals surface area contributed by atoms with Crippen LogP contribution in [0.2, 0.25) is 0 Å². The quantitative estimate of drug-likeness (QED) is 0.434. The van der Waals surface area contributed by atoms with E-state index in [1.165, 1.54) is 0 Å². The number of hydrogen-bond donors (Lipinski definition) is 1. The van der Waals surface area contributed by atoms with Gasteiger partial charge in [0.05, 0.1) is 23.7 Å². The molecule has 0 saturated carbocycles. The third-order valence-electron chi connectivity index (χ3n) is 5.99. The molecule has 1 N–H and O–H groups in total. The molecule has 184 valence electrons. The summed E-state index contributed by atoms with van der Waals surface area (Å²) in [5, 5.41) is 19.3. The third-order valence-corrected chi connectivity index (χ3v) is 5.99. The average molecular weight is 480 g/mol. The molecule has 1 unspecified atom stereocenters. The molecule has 1 fully saturated rings. The summed E-state index contributed by atoms with van der Waals surface area (Å²) >= 11 is 0. The number of carbonyl (C=O) groups excluding carboxylic acids is 1. The standard InChI is InChI=1S/C25H29N5O5/c1-2-30(20-7-11-26-12-8-20)27-16-18-3-5-19(6-4-18)22-15-23(35-28-22)25(33)29-13-9-21(10-14-29)34-17-24(31)32/h3-8,11-12,16,21,23H,2,9-10,13-15,17H2,1H3,(H,31,32)/b27-16+. The molecule has 1 amide bonds. The Kier molecular flexibility index (Phi) is 8.04. The largest absolute Gasteiger partial charge is 0.480 e. The Balaban J connectivity index is 1.28. The number of ether oxygens (including phenoxy) is 1. The van der Waals surface area contributed by atoms with Crippen LogP contribution in [0.1, 0.15) is 37.3 Å². The number of benzene rings is 1.